The van der Waals surface area contributed by atoms with Gasteiger partial charge in [-0.25, -0.2) is 0 Å². The molecular formula is C12H15BF3KO3. The van der Waals surface area contributed by atoms with Crippen molar-refractivity contribution in [1.29, 1.82) is 0 Å². The molecule has 2 rings (SSSR count). The number of rotatable bonds is 5. The first kappa shape index (κ1) is 18.3. The van der Waals surface area contributed by atoms with Crippen molar-refractivity contribution >= 4 is 12.4 Å². The fourth-order valence-corrected chi connectivity index (χ4v) is 1.96. The van der Waals surface area contributed by atoms with Crippen LogP contribution in [0.1, 0.15) is 6.42 Å². The van der Waals surface area contributed by atoms with Gasteiger partial charge in [-0.15, -0.1) is 0 Å². The van der Waals surface area contributed by atoms with Crippen LogP contribution in [0.15, 0.2) is 18.2 Å². The minimum atomic E-state index is -5.13. The maximum atomic E-state index is 13.0. The van der Waals surface area contributed by atoms with Crippen LogP contribution in [-0.2, 0) is 4.74 Å². The minimum Gasteiger partial charge on any atom is -0.497 e. The van der Waals surface area contributed by atoms with E-state index in [-0.39, 0.29) is 75.4 Å². The largest absolute Gasteiger partial charge is 1.00 e. The number of methoxy groups -OCH3 is 1. The summed E-state index contributed by atoms with van der Waals surface area (Å²) in [6.45, 7) is -3.70. The SMILES string of the molecule is COc1ccc(OCC2CCOC2)c([B-](F)(F)F)c1.[K+]. The van der Waals surface area contributed by atoms with E-state index >= 15 is 0 Å². The summed E-state index contributed by atoms with van der Waals surface area (Å²) >= 11 is 0. The van der Waals surface area contributed by atoms with Crippen LogP contribution in [0.5, 0.6) is 11.5 Å². The Hall–Kier alpha value is 0.271. The molecular weight excluding hydrogens is 299 g/mol. The standard InChI is InChI=1S/C12H15BF3O3.K/c1-17-10-2-3-12(11(6-10)13(14,15)16)19-8-9-4-5-18-7-9;/h2-3,6,9H,4-5,7-8H2,1H3;/q-1;+1. The quantitative estimate of drug-likeness (QED) is 0.664. The molecule has 20 heavy (non-hydrogen) atoms. The molecule has 0 bridgehead atoms. The molecule has 1 aromatic rings. The van der Waals surface area contributed by atoms with Gasteiger partial charge in [0.25, 0.3) is 0 Å². The van der Waals surface area contributed by atoms with E-state index in [1.807, 2.05) is 0 Å². The van der Waals surface area contributed by atoms with Crippen molar-refractivity contribution in [1.82, 2.24) is 0 Å². The average molecular weight is 314 g/mol. The van der Waals surface area contributed by atoms with Crippen LogP contribution in [0.3, 0.4) is 0 Å². The monoisotopic (exact) mass is 314 g/mol. The Labute approximate surface area is 158 Å². The molecule has 0 N–H and O–H groups in total. The van der Waals surface area contributed by atoms with Gasteiger partial charge in [0.1, 0.15) is 5.75 Å². The summed E-state index contributed by atoms with van der Waals surface area (Å²) in [5, 5.41) is 0. The first-order valence-corrected chi connectivity index (χ1v) is 6.09. The molecule has 1 unspecified atom stereocenters. The van der Waals surface area contributed by atoms with Gasteiger partial charge in [-0.3, -0.25) is 0 Å². The topological polar surface area (TPSA) is 27.7 Å². The van der Waals surface area contributed by atoms with Crippen LogP contribution in [0, 0.1) is 5.92 Å². The second-order valence-electron chi connectivity index (χ2n) is 4.52. The molecule has 1 aromatic carbocycles. The second-order valence-corrected chi connectivity index (χ2v) is 4.52. The van der Waals surface area contributed by atoms with Gasteiger partial charge in [0, 0.05) is 12.5 Å². The number of benzene rings is 1. The van der Waals surface area contributed by atoms with Gasteiger partial charge in [0.15, 0.2) is 0 Å². The molecule has 8 heteroatoms. The normalized spacial score (nSPS) is 18.5. The summed E-state index contributed by atoms with van der Waals surface area (Å²) < 4.78 is 54.2. The summed E-state index contributed by atoms with van der Waals surface area (Å²) in [5.41, 5.74) is -0.752. The van der Waals surface area contributed by atoms with Crippen LogP contribution in [0.25, 0.3) is 0 Å². The zero-order valence-corrected chi connectivity index (χ0v) is 14.7. The second kappa shape index (κ2) is 8.05. The predicted octanol–water partition coefficient (Wildman–Crippen LogP) is -0.831. The molecule has 3 nitrogen and oxygen atoms in total. The Morgan fingerprint density at radius 3 is 2.65 bits per heavy atom. The molecule has 1 fully saturated rings. The average Bonchev–Trinajstić information content (AvgIpc) is 2.88. The molecule has 1 saturated heterocycles. The third-order valence-electron chi connectivity index (χ3n) is 3.07. The maximum absolute atomic E-state index is 13.0. The van der Waals surface area contributed by atoms with E-state index < -0.39 is 12.4 Å². The molecule has 0 saturated carbocycles. The molecule has 1 aliphatic rings. The maximum Gasteiger partial charge on any atom is 1.00 e. The van der Waals surface area contributed by atoms with Crippen LogP contribution < -0.4 is 66.3 Å². The van der Waals surface area contributed by atoms with Crippen molar-refractivity contribution in [3.8, 4) is 11.5 Å². The van der Waals surface area contributed by atoms with Crippen molar-refractivity contribution in [2.75, 3.05) is 26.9 Å². The van der Waals surface area contributed by atoms with E-state index in [4.69, 9.17) is 14.2 Å². The van der Waals surface area contributed by atoms with Crippen LogP contribution >= 0.6 is 0 Å². The third-order valence-corrected chi connectivity index (χ3v) is 3.07. The molecule has 0 radical (unpaired) electrons. The molecule has 106 valence electrons. The van der Waals surface area contributed by atoms with E-state index in [1.165, 1.54) is 19.2 Å². The number of ether oxygens (including phenoxy) is 3. The van der Waals surface area contributed by atoms with Gasteiger partial charge in [-0.1, -0.05) is 5.46 Å². The third kappa shape index (κ3) is 4.92. The Morgan fingerprint density at radius 2 is 2.10 bits per heavy atom. The fourth-order valence-electron chi connectivity index (χ4n) is 1.96. The zero-order valence-electron chi connectivity index (χ0n) is 11.6. The molecule has 0 aliphatic carbocycles. The Morgan fingerprint density at radius 1 is 1.35 bits per heavy atom. The van der Waals surface area contributed by atoms with Crippen LogP contribution in [0.4, 0.5) is 12.9 Å². The van der Waals surface area contributed by atoms with Crippen molar-refractivity contribution in [3.63, 3.8) is 0 Å². The van der Waals surface area contributed by atoms with E-state index in [1.54, 1.807) is 0 Å². The fraction of sp³-hybridized carbons (Fsp3) is 0.500. The summed E-state index contributed by atoms with van der Waals surface area (Å²) in [6.07, 6.45) is 0.822. The molecule has 1 heterocycles. The van der Waals surface area contributed by atoms with Crippen LogP contribution in [0.2, 0.25) is 0 Å². The first-order chi connectivity index (χ1) is 9.00. The Bertz CT molecular complexity index is 436. The van der Waals surface area contributed by atoms with Crippen molar-refractivity contribution in [3.05, 3.63) is 18.2 Å². The summed E-state index contributed by atoms with van der Waals surface area (Å²) in [7, 11) is 1.33. The number of hydrogen-bond acceptors (Lipinski definition) is 3. The number of hydrogen-bond donors (Lipinski definition) is 0. The van der Waals surface area contributed by atoms with E-state index in [0.717, 1.165) is 12.5 Å². The van der Waals surface area contributed by atoms with Crippen molar-refractivity contribution in [2.24, 2.45) is 5.92 Å². The summed E-state index contributed by atoms with van der Waals surface area (Å²) in [6, 6.07) is 3.74. The predicted molar refractivity (Wildman–Crippen MR) is 66.1 cm³/mol. The smallest absolute Gasteiger partial charge is 0.497 e. The van der Waals surface area contributed by atoms with Gasteiger partial charge in [-0.05, 0) is 24.6 Å². The summed E-state index contributed by atoms with van der Waals surface area (Å²) in [5.74, 6) is 0.196. The van der Waals surface area contributed by atoms with Gasteiger partial charge in [-0.2, -0.15) is 0 Å². The molecule has 0 spiro atoms. The van der Waals surface area contributed by atoms with Crippen LogP contribution in [-0.4, -0.2) is 33.9 Å². The van der Waals surface area contributed by atoms with E-state index in [0.29, 0.717) is 13.2 Å². The zero-order chi connectivity index (χ0) is 13.9. The first-order valence-electron chi connectivity index (χ1n) is 6.09. The molecule has 0 aromatic heterocycles. The van der Waals surface area contributed by atoms with Gasteiger partial charge in [0.2, 0.25) is 0 Å². The summed E-state index contributed by atoms with van der Waals surface area (Å²) in [4.78, 5) is 0. The van der Waals surface area contributed by atoms with Crippen molar-refractivity contribution in [2.45, 2.75) is 6.42 Å². The van der Waals surface area contributed by atoms with Gasteiger partial charge in [0.05, 0.1) is 26.1 Å². The van der Waals surface area contributed by atoms with Gasteiger partial charge >= 0.3 is 58.4 Å². The molecule has 1 aliphatic heterocycles. The molecule has 1 atom stereocenters. The minimum absolute atomic E-state index is 0. The Balaban J connectivity index is 0.00000200. The van der Waals surface area contributed by atoms with E-state index in [2.05, 4.69) is 0 Å². The molecule has 0 amide bonds. The van der Waals surface area contributed by atoms with E-state index in [9.17, 15) is 12.9 Å². The Kier molecular flexibility index (Phi) is 7.37. The number of halogens is 3. The van der Waals surface area contributed by atoms with Gasteiger partial charge < -0.3 is 27.2 Å². The van der Waals surface area contributed by atoms with Crippen molar-refractivity contribution < 1.29 is 78.5 Å².